The predicted octanol–water partition coefficient (Wildman–Crippen LogP) is 2.86. The predicted molar refractivity (Wildman–Crippen MR) is 103 cm³/mol. The van der Waals surface area contributed by atoms with Crippen LogP contribution in [0.15, 0.2) is 44.4 Å². The van der Waals surface area contributed by atoms with Crippen LogP contribution in [-0.4, -0.2) is 29.8 Å². The second-order valence-electron chi connectivity index (χ2n) is 7.03. The van der Waals surface area contributed by atoms with Crippen molar-refractivity contribution in [3.05, 3.63) is 51.4 Å². The van der Waals surface area contributed by atoms with Crippen molar-refractivity contribution in [2.75, 3.05) is 6.54 Å². The Labute approximate surface area is 155 Å². The van der Waals surface area contributed by atoms with Crippen LogP contribution in [0.1, 0.15) is 33.9 Å². The van der Waals surface area contributed by atoms with E-state index in [1.54, 1.807) is 24.3 Å². The van der Waals surface area contributed by atoms with Gasteiger partial charge in [-0.2, -0.15) is 4.57 Å². The van der Waals surface area contributed by atoms with Gasteiger partial charge in [-0.3, -0.25) is 0 Å². The van der Waals surface area contributed by atoms with Gasteiger partial charge in [-0.25, -0.2) is 9.59 Å². The fraction of sp³-hybridized carbons (Fsp3) is 0.471. The fourth-order valence-electron chi connectivity index (χ4n) is 3.08. The average Bonchev–Trinajstić information content (AvgIpc) is 2.92. The first kappa shape index (κ1) is 18.0. The van der Waals surface area contributed by atoms with Crippen LogP contribution in [0.4, 0.5) is 0 Å². The minimum absolute atomic E-state index is 0.355. The number of hydrogen-bond donors (Lipinski definition) is 0. The second-order valence-corrected chi connectivity index (χ2v) is 9.32. The molecule has 1 aromatic heterocycles. The van der Waals surface area contributed by atoms with Gasteiger partial charge in [0.2, 0.25) is 0 Å². The third-order valence-electron chi connectivity index (χ3n) is 4.04. The summed E-state index contributed by atoms with van der Waals surface area (Å²) in [5.41, 5.74) is -0.00484. The van der Waals surface area contributed by atoms with E-state index in [0.717, 1.165) is 4.57 Å². The first-order valence-corrected chi connectivity index (χ1v) is 9.35. The van der Waals surface area contributed by atoms with E-state index in [1.807, 2.05) is 24.8 Å². The number of para-hydroxylation sites is 1. The van der Waals surface area contributed by atoms with Gasteiger partial charge in [0.25, 0.3) is 0 Å². The van der Waals surface area contributed by atoms with Crippen molar-refractivity contribution in [3.63, 3.8) is 0 Å². The number of aromatic nitrogens is 2. The van der Waals surface area contributed by atoms with Crippen molar-refractivity contribution in [1.82, 2.24) is 14.2 Å². The topological polar surface area (TPSA) is 60.4 Å². The van der Waals surface area contributed by atoms with Gasteiger partial charge in [0.15, 0.2) is 6.17 Å². The normalized spacial score (nSPS) is 19.8. The number of thiocarbonyl (C=S) groups is 1. The standard InChI is InChI=1S/C17H21N3O3S2/c1-11(2)10-18-13(17(3,4)25-16(18)24)20-14(21)19(15(22)23-20)12-8-6-5-7-9-12/h5-9,11,13H,10H2,1-4H3/t13-/m1/s1. The molecule has 1 atom stereocenters. The number of benzene rings is 1. The van der Waals surface area contributed by atoms with Crippen LogP contribution >= 0.6 is 24.0 Å². The fourth-order valence-corrected chi connectivity index (χ4v) is 4.97. The van der Waals surface area contributed by atoms with E-state index in [-0.39, 0.29) is 0 Å². The van der Waals surface area contributed by atoms with Crippen molar-refractivity contribution in [2.45, 2.75) is 38.6 Å². The molecule has 1 aromatic carbocycles. The van der Waals surface area contributed by atoms with Gasteiger partial charge in [-0.15, -0.1) is 4.74 Å². The lowest BCUT2D eigenvalue weighted by Crippen LogP contribution is -2.43. The van der Waals surface area contributed by atoms with Crippen molar-refractivity contribution in [2.24, 2.45) is 5.92 Å². The van der Waals surface area contributed by atoms with Crippen LogP contribution < -0.4 is 11.4 Å². The number of hydrogen-bond acceptors (Lipinski definition) is 5. The minimum Gasteiger partial charge on any atom is -0.333 e. The molecular formula is C17H21N3O3S2. The quantitative estimate of drug-likeness (QED) is 0.762. The SMILES string of the molecule is CC(C)CN1C(=S)SC(C)(C)[C@H]1n1oc(=O)n(-c2ccccc2)c1=O. The Bertz CT molecular complexity index is 896. The summed E-state index contributed by atoms with van der Waals surface area (Å²) in [5, 5.41) is 0. The van der Waals surface area contributed by atoms with Crippen molar-refractivity contribution >= 4 is 28.3 Å². The van der Waals surface area contributed by atoms with E-state index in [2.05, 4.69) is 13.8 Å². The van der Waals surface area contributed by atoms with Crippen LogP contribution in [0.25, 0.3) is 5.69 Å². The van der Waals surface area contributed by atoms with Gasteiger partial charge in [0, 0.05) is 6.54 Å². The lowest BCUT2D eigenvalue weighted by molar-refractivity contribution is 0.0842. The zero-order valence-electron chi connectivity index (χ0n) is 14.6. The van der Waals surface area contributed by atoms with Crippen LogP contribution in [0.5, 0.6) is 0 Å². The molecule has 25 heavy (non-hydrogen) atoms. The van der Waals surface area contributed by atoms with E-state index in [0.29, 0.717) is 22.5 Å². The summed E-state index contributed by atoms with van der Waals surface area (Å²) in [6.07, 6.45) is -0.447. The maximum Gasteiger partial charge on any atom is 0.447 e. The first-order valence-electron chi connectivity index (χ1n) is 8.12. The Balaban J connectivity index is 2.14. The molecule has 134 valence electrons. The molecule has 2 heterocycles. The highest BCUT2D eigenvalue weighted by Crippen LogP contribution is 2.46. The lowest BCUT2D eigenvalue weighted by atomic mass is 10.1. The van der Waals surface area contributed by atoms with E-state index >= 15 is 0 Å². The van der Waals surface area contributed by atoms with E-state index in [9.17, 15) is 9.59 Å². The Hall–Kier alpha value is -1.80. The summed E-state index contributed by atoms with van der Waals surface area (Å²) in [5.74, 6) is -0.340. The highest BCUT2D eigenvalue weighted by Gasteiger charge is 2.48. The van der Waals surface area contributed by atoms with Gasteiger partial charge in [0.05, 0.1) is 10.4 Å². The Kier molecular flexibility index (Phi) is 4.68. The van der Waals surface area contributed by atoms with E-state index < -0.39 is 22.4 Å². The molecule has 0 N–H and O–H groups in total. The number of nitrogens with zero attached hydrogens (tertiary/aromatic N) is 3. The van der Waals surface area contributed by atoms with Crippen molar-refractivity contribution < 1.29 is 4.52 Å². The second kappa shape index (κ2) is 6.49. The largest absolute Gasteiger partial charge is 0.447 e. The van der Waals surface area contributed by atoms with Crippen LogP contribution in [-0.2, 0) is 0 Å². The van der Waals surface area contributed by atoms with Gasteiger partial charge in [0.1, 0.15) is 4.32 Å². The third kappa shape index (κ3) is 3.20. The summed E-state index contributed by atoms with van der Waals surface area (Å²) in [4.78, 5) is 27.3. The van der Waals surface area contributed by atoms with Gasteiger partial charge in [-0.05, 0) is 31.9 Å². The monoisotopic (exact) mass is 379 g/mol. The molecule has 6 nitrogen and oxygen atoms in total. The molecule has 1 aliphatic heterocycles. The molecule has 0 unspecified atom stereocenters. The van der Waals surface area contributed by atoms with Crippen molar-refractivity contribution in [1.29, 1.82) is 0 Å². The van der Waals surface area contributed by atoms with Gasteiger partial charge < -0.3 is 9.42 Å². The van der Waals surface area contributed by atoms with Crippen LogP contribution in [0, 0.1) is 5.92 Å². The average molecular weight is 380 g/mol. The molecule has 0 spiro atoms. The van der Waals surface area contributed by atoms with E-state index in [4.69, 9.17) is 16.7 Å². The summed E-state index contributed by atoms with van der Waals surface area (Å²) in [7, 11) is 0. The van der Waals surface area contributed by atoms with Crippen molar-refractivity contribution in [3.8, 4) is 5.69 Å². The zero-order valence-corrected chi connectivity index (χ0v) is 16.3. The minimum atomic E-state index is -0.695. The van der Waals surface area contributed by atoms with E-state index in [1.165, 1.54) is 16.5 Å². The maximum atomic E-state index is 13.0. The summed E-state index contributed by atoms with van der Waals surface area (Å²) >= 11 is 7.03. The molecular weight excluding hydrogens is 358 g/mol. The molecule has 0 bridgehead atoms. The van der Waals surface area contributed by atoms with Crippen LogP contribution in [0.3, 0.4) is 0 Å². The molecule has 1 fully saturated rings. The van der Waals surface area contributed by atoms with Gasteiger partial charge >= 0.3 is 11.4 Å². The highest BCUT2D eigenvalue weighted by molar-refractivity contribution is 8.24. The molecule has 0 amide bonds. The molecule has 0 aliphatic carbocycles. The molecule has 2 aromatic rings. The molecule has 3 rings (SSSR count). The molecule has 8 heteroatoms. The lowest BCUT2D eigenvalue weighted by Gasteiger charge is -2.31. The third-order valence-corrected chi connectivity index (χ3v) is 5.67. The molecule has 1 aliphatic rings. The molecule has 1 saturated heterocycles. The zero-order chi connectivity index (χ0) is 18.4. The molecule has 0 radical (unpaired) electrons. The first-order chi connectivity index (χ1) is 11.7. The Morgan fingerprint density at radius 2 is 1.88 bits per heavy atom. The Morgan fingerprint density at radius 1 is 1.24 bits per heavy atom. The smallest absolute Gasteiger partial charge is 0.333 e. The van der Waals surface area contributed by atoms with Crippen LogP contribution in [0.2, 0.25) is 0 Å². The highest BCUT2D eigenvalue weighted by atomic mass is 32.2. The summed E-state index contributed by atoms with van der Waals surface area (Å²) in [6.45, 7) is 8.86. The Morgan fingerprint density at radius 3 is 2.48 bits per heavy atom. The maximum absolute atomic E-state index is 13.0. The molecule has 0 saturated carbocycles. The number of thioether (sulfide) groups is 1. The summed E-state index contributed by atoms with van der Waals surface area (Å²) in [6, 6.07) is 8.77. The van der Waals surface area contributed by atoms with Gasteiger partial charge in [-0.1, -0.05) is 56.0 Å². The summed E-state index contributed by atoms with van der Waals surface area (Å²) < 4.78 is 7.92. The number of rotatable bonds is 4.